The van der Waals surface area contributed by atoms with Gasteiger partial charge in [-0.2, -0.15) is 0 Å². The van der Waals surface area contributed by atoms with Crippen LogP contribution in [0.15, 0.2) is 18.2 Å². The first-order valence-electron chi connectivity index (χ1n) is 5.57. The lowest BCUT2D eigenvalue weighted by molar-refractivity contribution is 1.22. The normalized spacial score (nSPS) is 12.3. The summed E-state index contributed by atoms with van der Waals surface area (Å²) in [6.07, 6.45) is 3.19. The van der Waals surface area contributed by atoms with Crippen molar-refractivity contribution in [2.75, 3.05) is 5.73 Å². The van der Waals surface area contributed by atoms with Crippen LogP contribution < -0.4 is 5.73 Å². The molecule has 1 aromatic heterocycles. The average molecular weight is 215 g/mol. The molecule has 1 aromatic carbocycles. The zero-order chi connectivity index (χ0) is 11.7. The summed E-state index contributed by atoms with van der Waals surface area (Å²) in [5, 5.41) is 0. The number of aromatic amines is 1. The zero-order valence-corrected chi connectivity index (χ0v) is 9.96. The fraction of sp³-hybridized carbons (Fsp3) is 0.308. The molecule has 0 unspecified atom stereocenters. The molecule has 0 bridgehead atoms. The van der Waals surface area contributed by atoms with Crippen molar-refractivity contribution >= 4 is 22.6 Å². The van der Waals surface area contributed by atoms with Crippen LogP contribution in [0.25, 0.3) is 16.6 Å². The standard InChI is InChI=1S/C13H17N3/c1-4-9(5-2)10-7-12-11(6-8(10)3)15-13(14)16-12/h4,6-7H,5H2,1-3H3,(H3,14,15,16)/b9-4+. The molecule has 2 aromatic rings. The third-order valence-electron chi connectivity index (χ3n) is 2.92. The summed E-state index contributed by atoms with van der Waals surface area (Å²) >= 11 is 0. The van der Waals surface area contributed by atoms with Crippen molar-refractivity contribution in [2.24, 2.45) is 0 Å². The molecule has 0 spiro atoms. The average Bonchev–Trinajstić information content (AvgIpc) is 2.59. The molecule has 3 nitrogen and oxygen atoms in total. The van der Waals surface area contributed by atoms with Crippen LogP contribution in [0.3, 0.4) is 0 Å². The van der Waals surface area contributed by atoms with Gasteiger partial charge in [-0.3, -0.25) is 0 Å². The maximum Gasteiger partial charge on any atom is 0.198 e. The number of nitrogens with two attached hydrogens (primary N) is 1. The van der Waals surface area contributed by atoms with Gasteiger partial charge in [-0.1, -0.05) is 13.0 Å². The van der Waals surface area contributed by atoms with Crippen LogP contribution >= 0.6 is 0 Å². The van der Waals surface area contributed by atoms with Crippen molar-refractivity contribution in [2.45, 2.75) is 27.2 Å². The van der Waals surface area contributed by atoms with Crippen molar-refractivity contribution in [3.05, 3.63) is 29.3 Å². The van der Waals surface area contributed by atoms with E-state index in [1.54, 1.807) is 0 Å². The quantitative estimate of drug-likeness (QED) is 0.807. The maximum absolute atomic E-state index is 5.65. The summed E-state index contributed by atoms with van der Waals surface area (Å²) in [4.78, 5) is 7.31. The number of fused-ring (bicyclic) bond motifs is 1. The summed E-state index contributed by atoms with van der Waals surface area (Å²) in [6, 6.07) is 4.21. The molecule has 0 atom stereocenters. The van der Waals surface area contributed by atoms with E-state index in [4.69, 9.17) is 5.73 Å². The number of rotatable bonds is 2. The summed E-state index contributed by atoms with van der Waals surface area (Å²) in [5.74, 6) is 0.477. The third kappa shape index (κ3) is 1.69. The fourth-order valence-corrected chi connectivity index (χ4v) is 2.08. The Morgan fingerprint density at radius 2 is 2.25 bits per heavy atom. The molecule has 2 rings (SSSR count). The van der Waals surface area contributed by atoms with Gasteiger partial charge in [-0.05, 0) is 49.1 Å². The van der Waals surface area contributed by atoms with Crippen LogP contribution in [0.5, 0.6) is 0 Å². The molecular formula is C13H17N3. The molecule has 0 aliphatic rings. The Hall–Kier alpha value is -1.77. The molecule has 0 aliphatic heterocycles. The summed E-state index contributed by atoms with van der Waals surface area (Å²) in [5.41, 5.74) is 11.5. The Morgan fingerprint density at radius 3 is 2.88 bits per heavy atom. The van der Waals surface area contributed by atoms with Crippen molar-refractivity contribution in [1.29, 1.82) is 0 Å². The van der Waals surface area contributed by atoms with Crippen LogP contribution in [-0.2, 0) is 0 Å². The molecule has 0 fully saturated rings. The van der Waals surface area contributed by atoms with Crippen molar-refractivity contribution in [3.8, 4) is 0 Å². The molecule has 0 aliphatic carbocycles. The molecule has 0 saturated heterocycles. The van der Waals surface area contributed by atoms with Crippen molar-refractivity contribution < 1.29 is 0 Å². The number of hydrogen-bond acceptors (Lipinski definition) is 2. The van der Waals surface area contributed by atoms with E-state index < -0.39 is 0 Å². The van der Waals surface area contributed by atoms with Gasteiger partial charge in [0, 0.05) is 0 Å². The predicted octanol–water partition coefficient (Wildman–Crippen LogP) is 3.27. The van der Waals surface area contributed by atoms with E-state index in [1.165, 1.54) is 16.7 Å². The topological polar surface area (TPSA) is 54.7 Å². The molecule has 84 valence electrons. The Labute approximate surface area is 95.4 Å². The van der Waals surface area contributed by atoms with E-state index in [-0.39, 0.29) is 0 Å². The highest BCUT2D eigenvalue weighted by atomic mass is 15.0. The number of allylic oxidation sites excluding steroid dienone is 2. The molecule has 3 heteroatoms. The zero-order valence-electron chi connectivity index (χ0n) is 9.96. The van der Waals surface area contributed by atoms with Crippen LogP contribution in [-0.4, -0.2) is 9.97 Å². The summed E-state index contributed by atoms with van der Waals surface area (Å²) < 4.78 is 0. The van der Waals surface area contributed by atoms with E-state index in [9.17, 15) is 0 Å². The predicted molar refractivity (Wildman–Crippen MR) is 69.2 cm³/mol. The number of nitrogens with zero attached hydrogens (tertiary/aromatic N) is 1. The SMILES string of the molecule is C/C=C(\CC)c1cc2nc(N)[nH]c2cc1C. The van der Waals surface area contributed by atoms with Crippen molar-refractivity contribution in [3.63, 3.8) is 0 Å². The molecule has 0 radical (unpaired) electrons. The number of aryl methyl sites for hydroxylation is 1. The minimum atomic E-state index is 0.477. The van der Waals surface area contributed by atoms with Gasteiger partial charge in [0.15, 0.2) is 5.95 Å². The number of aromatic nitrogens is 2. The third-order valence-corrected chi connectivity index (χ3v) is 2.92. The van der Waals surface area contributed by atoms with Gasteiger partial charge >= 0.3 is 0 Å². The summed E-state index contributed by atoms with van der Waals surface area (Å²) in [7, 11) is 0. The number of H-pyrrole nitrogens is 1. The summed E-state index contributed by atoms with van der Waals surface area (Å²) in [6.45, 7) is 6.35. The van der Waals surface area contributed by atoms with Gasteiger partial charge in [0.1, 0.15) is 0 Å². The number of nitrogen functional groups attached to an aromatic ring is 1. The molecule has 0 amide bonds. The largest absolute Gasteiger partial charge is 0.369 e. The lowest BCUT2D eigenvalue weighted by atomic mass is 9.98. The lowest BCUT2D eigenvalue weighted by Crippen LogP contribution is -1.88. The van der Waals surface area contributed by atoms with Crippen LogP contribution in [0.4, 0.5) is 5.95 Å². The number of nitrogens with one attached hydrogen (secondary N) is 1. The van der Waals surface area contributed by atoms with Gasteiger partial charge in [0.2, 0.25) is 0 Å². The van der Waals surface area contributed by atoms with Gasteiger partial charge in [0.05, 0.1) is 11.0 Å². The van der Waals surface area contributed by atoms with Gasteiger partial charge in [-0.15, -0.1) is 0 Å². The minimum absolute atomic E-state index is 0.477. The first-order valence-corrected chi connectivity index (χ1v) is 5.57. The number of benzene rings is 1. The smallest absolute Gasteiger partial charge is 0.198 e. The van der Waals surface area contributed by atoms with E-state index in [0.717, 1.165) is 17.5 Å². The molecular weight excluding hydrogens is 198 g/mol. The molecule has 16 heavy (non-hydrogen) atoms. The Bertz CT molecular complexity index is 550. The Kier molecular flexibility index (Phi) is 2.69. The van der Waals surface area contributed by atoms with Crippen molar-refractivity contribution in [1.82, 2.24) is 9.97 Å². The number of imidazole rings is 1. The van der Waals surface area contributed by atoms with E-state index in [1.807, 2.05) is 0 Å². The van der Waals surface area contributed by atoms with Gasteiger partial charge < -0.3 is 10.7 Å². The van der Waals surface area contributed by atoms with Crippen LogP contribution in [0, 0.1) is 6.92 Å². The molecule has 3 N–H and O–H groups in total. The monoisotopic (exact) mass is 215 g/mol. The van der Waals surface area contributed by atoms with E-state index in [0.29, 0.717) is 5.95 Å². The second-order valence-corrected chi connectivity index (χ2v) is 3.97. The second-order valence-electron chi connectivity index (χ2n) is 3.97. The highest BCUT2D eigenvalue weighted by Crippen LogP contribution is 2.26. The van der Waals surface area contributed by atoms with Gasteiger partial charge in [0.25, 0.3) is 0 Å². The second kappa shape index (κ2) is 4.00. The maximum atomic E-state index is 5.65. The Balaban J connectivity index is 2.66. The first kappa shape index (κ1) is 10.7. The van der Waals surface area contributed by atoms with E-state index in [2.05, 4.69) is 48.9 Å². The molecule has 0 saturated carbocycles. The van der Waals surface area contributed by atoms with Gasteiger partial charge in [-0.25, -0.2) is 4.98 Å². The van der Waals surface area contributed by atoms with Crippen LogP contribution in [0.2, 0.25) is 0 Å². The number of anilines is 1. The first-order chi connectivity index (χ1) is 7.65. The highest BCUT2D eigenvalue weighted by molar-refractivity contribution is 5.84. The fourth-order valence-electron chi connectivity index (χ4n) is 2.08. The molecule has 1 heterocycles. The highest BCUT2D eigenvalue weighted by Gasteiger charge is 2.07. The van der Waals surface area contributed by atoms with E-state index >= 15 is 0 Å². The number of hydrogen-bond donors (Lipinski definition) is 2. The Morgan fingerprint density at radius 1 is 1.50 bits per heavy atom. The minimum Gasteiger partial charge on any atom is -0.369 e. The lowest BCUT2D eigenvalue weighted by Gasteiger charge is -2.08. The van der Waals surface area contributed by atoms with Crippen LogP contribution in [0.1, 0.15) is 31.4 Å².